The third kappa shape index (κ3) is 3.00. The molecule has 4 rings (SSSR count). The van der Waals surface area contributed by atoms with Crippen molar-refractivity contribution in [3.8, 4) is 0 Å². The minimum absolute atomic E-state index is 0.0491. The molecule has 0 bridgehead atoms. The Kier molecular flexibility index (Phi) is 4.31. The molecule has 0 unspecified atom stereocenters. The van der Waals surface area contributed by atoms with Crippen LogP contribution in [0.2, 0.25) is 0 Å². The van der Waals surface area contributed by atoms with Crippen molar-refractivity contribution in [1.82, 2.24) is 15.1 Å². The van der Waals surface area contributed by atoms with E-state index in [9.17, 15) is 9.59 Å². The molecule has 4 fully saturated rings. The van der Waals surface area contributed by atoms with Crippen LogP contribution in [0, 0.1) is 5.92 Å². The second-order valence-electron chi connectivity index (χ2n) is 7.85. The molecule has 5 heteroatoms. The monoisotopic (exact) mass is 319 g/mol. The number of carbonyl (C=O) groups is 2. The highest BCUT2D eigenvalue weighted by atomic mass is 16.2. The number of nitrogens with one attached hydrogen (secondary N) is 1. The van der Waals surface area contributed by atoms with Gasteiger partial charge in [0.2, 0.25) is 11.8 Å². The minimum Gasteiger partial charge on any atom is -0.341 e. The predicted octanol–water partition coefficient (Wildman–Crippen LogP) is 1.52. The van der Waals surface area contributed by atoms with Gasteiger partial charge in [-0.25, -0.2) is 0 Å². The van der Waals surface area contributed by atoms with Gasteiger partial charge in [-0.3, -0.25) is 9.59 Å². The zero-order chi connectivity index (χ0) is 15.8. The summed E-state index contributed by atoms with van der Waals surface area (Å²) in [6, 6.07) is 0.999. The lowest BCUT2D eigenvalue weighted by molar-refractivity contribution is -0.136. The molecular weight excluding hydrogens is 290 g/mol. The molecule has 0 aromatic rings. The van der Waals surface area contributed by atoms with Gasteiger partial charge in [0.15, 0.2) is 0 Å². The first-order valence-electron chi connectivity index (χ1n) is 9.56. The molecule has 4 aliphatic rings. The fraction of sp³-hybridized carbons (Fsp3) is 0.889. The summed E-state index contributed by atoms with van der Waals surface area (Å²) >= 11 is 0. The average molecular weight is 319 g/mol. The Labute approximate surface area is 138 Å². The zero-order valence-corrected chi connectivity index (χ0v) is 14.0. The minimum atomic E-state index is 0.0491. The Bertz CT molecular complexity index is 459. The number of hydrogen-bond donors (Lipinski definition) is 1. The first-order valence-corrected chi connectivity index (χ1v) is 9.56. The van der Waals surface area contributed by atoms with Gasteiger partial charge in [-0.1, -0.05) is 12.8 Å². The van der Waals surface area contributed by atoms with Crippen LogP contribution in [0.25, 0.3) is 0 Å². The standard InChI is InChI=1S/C18H29N3O2/c22-17-6-3-9-21(17)14-7-10-20(11-8-14)18(23)16-12-13-4-1-2-5-15(13)19-16/h13-16,19H,1-12H2/t13-,15+,16+/m1/s1. The third-order valence-corrected chi connectivity index (χ3v) is 6.49. The lowest BCUT2D eigenvalue weighted by Crippen LogP contribution is -2.51. The first kappa shape index (κ1) is 15.4. The van der Waals surface area contributed by atoms with Crippen LogP contribution in [0.3, 0.4) is 0 Å². The van der Waals surface area contributed by atoms with Crippen LogP contribution in [0.4, 0.5) is 0 Å². The smallest absolute Gasteiger partial charge is 0.239 e. The van der Waals surface area contributed by atoms with E-state index in [4.69, 9.17) is 0 Å². The summed E-state index contributed by atoms with van der Waals surface area (Å²) in [5, 5.41) is 3.61. The molecule has 0 aromatic carbocycles. The van der Waals surface area contributed by atoms with Crippen LogP contribution in [0.1, 0.15) is 57.8 Å². The van der Waals surface area contributed by atoms with E-state index in [-0.39, 0.29) is 6.04 Å². The maximum absolute atomic E-state index is 12.8. The van der Waals surface area contributed by atoms with Gasteiger partial charge in [0, 0.05) is 38.1 Å². The molecule has 0 radical (unpaired) electrons. The van der Waals surface area contributed by atoms with Crippen molar-refractivity contribution in [1.29, 1.82) is 0 Å². The largest absolute Gasteiger partial charge is 0.341 e. The summed E-state index contributed by atoms with van der Waals surface area (Å²) in [4.78, 5) is 28.8. The first-order chi connectivity index (χ1) is 11.2. The van der Waals surface area contributed by atoms with Crippen LogP contribution < -0.4 is 5.32 Å². The van der Waals surface area contributed by atoms with Crippen molar-refractivity contribution in [2.75, 3.05) is 19.6 Å². The lowest BCUT2D eigenvalue weighted by Gasteiger charge is -2.37. The van der Waals surface area contributed by atoms with Crippen molar-refractivity contribution in [2.24, 2.45) is 5.92 Å². The molecule has 3 saturated heterocycles. The Hall–Kier alpha value is -1.10. The SMILES string of the molecule is O=C([C@@H]1C[C@H]2CCCC[C@@H]2N1)N1CCC(N2CCCC2=O)CC1. The molecule has 1 N–H and O–H groups in total. The van der Waals surface area contributed by atoms with Gasteiger partial charge in [0.25, 0.3) is 0 Å². The highest BCUT2D eigenvalue weighted by Gasteiger charge is 2.40. The van der Waals surface area contributed by atoms with Crippen molar-refractivity contribution in [2.45, 2.75) is 75.9 Å². The van der Waals surface area contributed by atoms with Crippen molar-refractivity contribution >= 4 is 11.8 Å². The number of piperidine rings is 1. The number of hydrogen-bond acceptors (Lipinski definition) is 3. The van der Waals surface area contributed by atoms with Gasteiger partial charge < -0.3 is 15.1 Å². The van der Waals surface area contributed by atoms with Gasteiger partial charge in [0.05, 0.1) is 6.04 Å². The second kappa shape index (κ2) is 6.42. The molecule has 5 nitrogen and oxygen atoms in total. The van der Waals surface area contributed by atoms with Gasteiger partial charge in [-0.2, -0.15) is 0 Å². The molecule has 128 valence electrons. The van der Waals surface area contributed by atoms with Gasteiger partial charge in [-0.05, 0) is 44.4 Å². The van der Waals surface area contributed by atoms with Crippen molar-refractivity contribution in [3.05, 3.63) is 0 Å². The number of amides is 2. The third-order valence-electron chi connectivity index (χ3n) is 6.49. The Morgan fingerprint density at radius 1 is 1.00 bits per heavy atom. The Balaban J connectivity index is 1.30. The quantitative estimate of drug-likeness (QED) is 0.839. The van der Waals surface area contributed by atoms with E-state index in [0.29, 0.717) is 30.3 Å². The fourth-order valence-corrected chi connectivity index (χ4v) is 5.18. The number of carbonyl (C=O) groups excluding carboxylic acids is 2. The van der Waals surface area contributed by atoms with Crippen molar-refractivity contribution < 1.29 is 9.59 Å². The maximum atomic E-state index is 12.8. The van der Waals surface area contributed by atoms with Crippen LogP contribution in [-0.2, 0) is 9.59 Å². The molecule has 23 heavy (non-hydrogen) atoms. The lowest BCUT2D eigenvalue weighted by atomic mass is 9.85. The highest BCUT2D eigenvalue weighted by Crippen LogP contribution is 2.34. The molecule has 1 saturated carbocycles. The Morgan fingerprint density at radius 2 is 1.78 bits per heavy atom. The summed E-state index contributed by atoms with van der Waals surface area (Å²) < 4.78 is 0. The molecule has 0 aromatic heterocycles. The van der Waals surface area contributed by atoms with Gasteiger partial charge >= 0.3 is 0 Å². The van der Waals surface area contributed by atoms with E-state index in [1.54, 1.807) is 0 Å². The molecule has 2 amide bonds. The summed E-state index contributed by atoms with van der Waals surface area (Å²) in [6.07, 6.45) is 9.85. The van der Waals surface area contributed by atoms with E-state index in [1.165, 1.54) is 25.7 Å². The molecule has 0 spiro atoms. The van der Waals surface area contributed by atoms with Crippen LogP contribution >= 0.6 is 0 Å². The predicted molar refractivity (Wildman–Crippen MR) is 87.8 cm³/mol. The van der Waals surface area contributed by atoms with E-state index in [2.05, 4.69) is 10.2 Å². The van der Waals surface area contributed by atoms with Gasteiger partial charge in [-0.15, -0.1) is 0 Å². The number of nitrogens with zero attached hydrogens (tertiary/aromatic N) is 2. The van der Waals surface area contributed by atoms with Crippen molar-refractivity contribution in [3.63, 3.8) is 0 Å². The van der Waals surface area contributed by atoms with Gasteiger partial charge in [0.1, 0.15) is 0 Å². The fourth-order valence-electron chi connectivity index (χ4n) is 5.18. The molecule has 3 atom stereocenters. The van der Waals surface area contributed by atoms with Crippen LogP contribution in [0.5, 0.6) is 0 Å². The number of likely N-dealkylation sites (tertiary alicyclic amines) is 2. The molecule has 3 heterocycles. The average Bonchev–Trinajstić information content (AvgIpc) is 3.20. The maximum Gasteiger partial charge on any atom is 0.239 e. The summed E-state index contributed by atoms with van der Waals surface area (Å²) in [6.45, 7) is 2.56. The highest BCUT2D eigenvalue weighted by molar-refractivity contribution is 5.82. The van der Waals surface area contributed by atoms with Crippen LogP contribution in [-0.4, -0.2) is 59.4 Å². The number of fused-ring (bicyclic) bond motifs is 1. The molecular formula is C18H29N3O2. The van der Waals surface area contributed by atoms with E-state index < -0.39 is 0 Å². The second-order valence-corrected chi connectivity index (χ2v) is 7.85. The normalized spacial score (nSPS) is 35.7. The molecule has 3 aliphatic heterocycles. The molecule has 1 aliphatic carbocycles. The Morgan fingerprint density at radius 3 is 2.48 bits per heavy atom. The van der Waals surface area contributed by atoms with E-state index >= 15 is 0 Å². The summed E-state index contributed by atoms with van der Waals surface area (Å²) in [7, 11) is 0. The van der Waals surface area contributed by atoms with Crippen LogP contribution in [0.15, 0.2) is 0 Å². The van der Waals surface area contributed by atoms with E-state index in [1.807, 2.05) is 4.90 Å². The summed E-state index contributed by atoms with van der Waals surface area (Å²) in [5.41, 5.74) is 0. The summed E-state index contributed by atoms with van der Waals surface area (Å²) in [5.74, 6) is 1.35. The van der Waals surface area contributed by atoms with E-state index in [0.717, 1.165) is 51.2 Å². The topological polar surface area (TPSA) is 52.7 Å². The number of rotatable bonds is 2. The zero-order valence-electron chi connectivity index (χ0n) is 14.0.